The minimum Gasteiger partial charge on any atom is -0.508 e. The lowest BCUT2D eigenvalue weighted by Gasteiger charge is -2.25. The van der Waals surface area contributed by atoms with Crippen molar-refractivity contribution >= 4 is 46.3 Å². The van der Waals surface area contributed by atoms with Crippen molar-refractivity contribution in [2.75, 3.05) is 12.0 Å². The number of nitriles is 1. The lowest BCUT2D eigenvalue weighted by atomic mass is 9.95. The second-order valence-electron chi connectivity index (χ2n) is 7.39. The molecular weight excluding hydrogens is 479 g/mol. The van der Waals surface area contributed by atoms with Gasteiger partial charge in [0.15, 0.2) is 5.75 Å². The maximum Gasteiger partial charge on any atom is 0.300 e. The first-order valence-electron chi connectivity index (χ1n) is 9.90. The predicted molar refractivity (Wildman–Crippen MR) is 127 cm³/mol. The summed E-state index contributed by atoms with van der Waals surface area (Å²) in [5.74, 6) is -2.06. The van der Waals surface area contributed by atoms with Gasteiger partial charge in [-0.1, -0.05) is 35.3 Å². The molecule has 3 aromatic carbocycles. The summed E-state index contributed by atoms with van der Waals surface area (Å²) in [5.41, 5.74) is 1.14. The van der Waals surface area contributed by atoms with Crippen LogP contribution in [0.3, 0.4) is 0 Å². The largest absolute Gasteiger partial charge is 0.508 e. The van der Waals surface area contributed by atoms with Crippen LogP contribution in [0, 0.1) is 11.3 Å². The quantitative estimate of drug-likeness (QED) is 0.292. The molecule has 4 rings (SSSR count). The van der Waals surface area contributed by atoms with E-state index in [1.165, 1.54) is 60.5 Å². The number of anilines is 1. The minimum atomic E-state index is -1.02. The molecule has 170 valence electrons. The highest BCUT2D eigenvalue weighted by molar-refractivity contribution is 6.51. The van der Waals surface area contributed by atoms with Gasteiger partial charge >= 0.3 is 0 Å². The summed E-state index contributed by atoms with van der Waals surface area (Å²) >= 11 is 12.4. The van der Waals surface area contributed by atoms with Crippen LogP contribution >= 0.6 is 23.2 Å². The minimum absolute atomic E-state index is 0.00667. The highest BCUT2D eigenvalue weighted by Gasteiger charge is 2.47. The number of methoxy groups -OCH3 is 1. The Bertz CT molecular complexity index is 1350. The number of Topliss-reactive ketones (excluding diaryl/α,β-unsaturated/α-hetero) is 1. The number of hydrogen-bond donors (Lipinski definition) is 2. The summed E-state index contributed by atoms with van der Waals surface area (Å²) in [6.07, 6.45) is 0. The number of phenols is 1. The molecule has 1 aliphatic heterocycles. The molecule has 0 aliphatic carbocycles. The third-order valence-corrected chi connectivity index (χ3v) is 5.97. The monoisotopic (exact) mass is 494 g/mol. The molecule has 9 heteroatoms. The molecule has 0 spiro atoms. The van der Waals surface area contributed by atoms with E-state index in [4.69, 9.17) is 33.2 Å². The molecule has 1 heterocycles. The van der Waals surface area contributed by atoms with Crippen molar-refractivity contribution in [1.29, 1.82) is 5.26 Å². The number of phenolic OH excluding ortho intramolecular Hbond substituents is 1. The van der Waals surface area contributed by atoms with Gasteiger partial charge in [-0.15, -0.1) is 0 Å². The standard InChI is InChI=1S/C25H16Cl2N2O5/c1-34-24-18(26)10-15(11-19(24)27)22(31)20-21(14-4-8-17(30)9-5-14)29(25(33)23(20)32)16-6-2-13(12-28)3-7-16/h2-11,21,30-31H,1H3/b22-20+. The van der Waals surface area contributed by atoms with E-state index in [1.54, 1.807) is 12.1 Å². The molecule has 1 unspecified atom stereocenters. The molecule has 0 bridgehead atoms. The highest BCUT2D eigenvalue weighted by Crippen LogP contribution is 2.44. The third-order valence-electron chi connectivity index (χ3n) is 5.40. The fourth-order valence-electron chi connectivity index (χ4n) is 3.81. The van der Waals surface area contributed by atoms with Gasteiger partial charge in [0.05, 0.1) is 40.4 Å². The van der Waals surface area contributed by atoms with Gasteiger partial charge in [-0.25, -0.2) is 0 Å². The van der Waals surface area contributed by atoms with E-state index in [0.717, 1.165) is 0 Å². The van der Waals surface area contributed by atoms with Crippen LogP contribution in [0.4, 0.5) is 5.69 Å². The molecule has 0 radical (unpaired) electrons. The van der Waals surface area contributed by atoms with Gasteiger partial charge in [0.2, 0.25) is 0 Å². The Morgan fingerprint density at radius 3 is 2.15 bits per heavy atom. The lowest BCUT2D eigenvalue weighted by molar-refractivity contribution is -0.132. The van der Waals surface area contributed by atoms with Crippen LogP contribution in [0.25, 0.3) is 5.76 Å². The van der Waals surface area contributed by atoms with Crippen LogP contribution < -0.4 is 9.64 Å². The molecule has 0 aromatic heterocycles. The molecule has 7 nitrogen and oxygen atoms in total. The number of ether oxygens (including phenoxy) is 1. The van der Waals surface area contributed by atoms with E-state index in [-0.39, 0.29) is 32.7 Å². The van der Waals surface area contributed by atoms with Crippen molar-refractivity contribution in [2.45, 2.75) is 6.04 Å². The zero-order valence-corrected chi connectivity index (χ0v) is 19.1. The molecule has 1 fully saturated rings. The molecule has 1 saturated heterocycles. The number of amides is 1. The van der Waals surface area contributed by atoms with Crippen molar-refractivity contribution in [3.63, 3.8) is 0 Å². The van der Waals surface area contributed by atoms with Crippen molar-refractivity contribution in [3.8, 4) is 17.6 Å². The Kier molecular flexibility index (Phi) is 6.20. The van der Waals surface area contributed by atoms with Gasteiger partial charge in [0, 0.05) is 11.3 Å². The number of aliphatic hydroxyl groups is 1. The topological polar surface area (TPSA) is 111 Å². The van der Waals surface area contributed by atoms with Crippen LogP contribution in [0.15, 0.2) is 66.2 Å². The number of carbonyl (C=O) groups excluding carboxylic acids is 2. The maximum absolute atomic E-state index is 13.2. The number of aromatic hydroxyl groups is 1. The Hall–Kier alpha value is -3.99. The number of halogens is 2. The first kappa shape index (κ1) is 23.2. The second kappa shape index (κ2) is 9.10. The van der Waals surface area contributed by atoms with E-state index in [2.05, 4.69) is 0 Å². The van der Waals surface area contributed by atoms with Crippen LogP contribution in [0.2, 0.25) is 10.0 Å². The van der Waals surface area contributed by atoms with Crippen LogP contribution in [-0.4, -0.2) is 29.0 Å². The Balaban J connectivity index is 1.95. The van der Waals surface area contributed by atoms with E-state index in [1.807, 2.05) is 6.07 Å². The summed E-state index contributed by atoms with van der Waals surface area (Å²) in [6, 6.07) is 15.8. The maximum atomic E-state index is 13.2. The molecule has 1 amide bonds. The molecule has 1 aliphatic rings. The predicted octanol–water partition coefficient (Wildman–Crippen LogP) is 5.21. The Labute approximate surface area is 204 Å². The van der Waals surface area contributed by atoms with Crippen molar-refractivity contribution in [3.05, 3.63) is 93.0 Å². The average molecular weight is 495 g/mol. The second-order valence-corrected chi connectivity index (χ2v) is 8.21. The number of rotatable bonds is 4. The van der Waals surface area contributed by atoms with Gasteiger partial charge in [-0.3, -0.25) is 14.5 Å². The van der Waals surface area contributed by atoms with Crippen LogP contribution in [0.1, 0.15) is 22.7 Å². The van der Waals surface area contributed by atoms with Crippen LogP contribution in [0.5, 0.6) is 11.5 Å². The summed E-state index contributed by atoms with van der Waals surface area (Å²) < 4.78 is 5.13. The van der Waals surface area contributed by atoms with Gasteiger partial charge in [-0.2, -0.15) is 5.26 Å². The zero-order chi connectivity index (χ0) is 24.6. The number of benzene rings is 3. The smallest absolute Gasteiger partial charge is 0.300 e. The fourth-order valence-corrected chi connectivity index (χ4v) is 4.46. The Morgan fingerprint density at radius 2 is 1.62 bits per heavy atom. The Morgan fingerprint density at radius 1 is 1.03 bits per heavy atom. The van der Waals surface area contributed by atoms with Gasteiger partial charge in [0.25, 0.3) is 11.7 Å². The van der Waals surface area contributed by atoms with Crippen molar-refractivity contribution in [1.82, 2.24) is 0 Å². The average Bonchev–Trinajstić information content (AvgIpc) is 3.09. The molecule has 34 heavy (non-hydrogen) atoms. The molecular formula is C25H16Cl2N2O5. The molecule has 0 saturated carbocycles. The van der Waals surface area contributed by atoms with Gasteiger partial charge in [-0.05, 0) is 54.1 Å². The van der Waals surface area contributed by atoms with E-state index in [9.17, 15) is 19.8 Å². The van der Waals surface area contributed by atoms with Crippen LogP contribution in [-0.2, 0) is 9.59 Å². The molecule has 1 atom stereocenters. The molecule has 3 aromatic rings. The number of nitrogens with zero attached hydrogens (tertiary/aromatic N) is 2. The van der Waals surface area contributed by atoms with E-state index < -0.39 is 23.5 Å². The summed E-state index contributed by atoms with van der Waals surface area (Å²) in [6.45, 7) is 0. The summed E-state index contributed by atoms with van der Waals surface area (Å²) in [7, 11) is 1.39. The van der Waals surface area contributed by atoms with E-state index >= 15 is 0 Å². The SMILES string of the molecule is COc1c(Cl)cc(/C(O)=C2\C(=O)C(=O)N(c3ccc(C#N)cc3)C2c2ccc(O)cc2)cc1Cl. The van der Waals surface area contributed by atoms with Crippen molar-refractivity contribution < 1.29 is 24.5 Å². The van der Waals surface area contributed by atoms with E-state index in [0.29, 0.717) is 16.8 Å². The zero-order valence-electron chi connectivity index (χ0n) is 17.6. The lowest BCUT2D eigenvalue weighted by Crippen LogP contribution is -2.29. The first-order valence-corrected chi connectivity index (χ1v) is 10.7. The number of aliphatic hydroxyl groups excluding tert-OH is 1. The van der Waals surface area contributed by atoms with Gasteiger partial charge < -0.3 is 14.9 Å². The third kappa shape index (κ3) is 3.94. The van der Waals surface area contributed by atoms with Gasteiger partial charge in [0.1, 0.15) is 11.5 Å². The summed E-state index contributed by atoms with van der Waals surface area (Å²) in [4.78, 5) is 27.5. The highest BCUT2D eigenvalue weighted by atomic mass is 35.5. The number of carbonyl (C=O) groups is 2. The first-order chi connectivity index (χ1) is 16.3. The summed E-state index contributed by atoms with van der Waals surface area (Å²) in [5, 5.41) is 30.2. The fraction of sp³-hybridized carbons (Fsp3) is 0.0800. The number of ketones is 1. The molecule has 2 N–H and O–H groups in total. The number of hydrogen-bond acceptors (Lipinski definition) is 6. The normalized spacial score (nSPS) is 17.0. The van der Waals surface area contributed by atoms with Crippen molar-refractivity contribution in [2.24, 2.45) is 0 Å².